The van der Waals surface area contributed by atoms with E-state index in [4.69, 9.17) is 0 Å². The second-order valence-electron chi connectivity index (χ2n) is 2.91. The van der Waals surface area contributed by atoms with Crippen LogP contribution in [0.3, 0.4) is 0 Å². The van der Waals surface area contributed by atoms with Crippen LogP contribution < -0.4 is 4.90 Å². The minimum Gasteiger partial charge on any atom is -0.358 e. The molecule has 15 heavy (non-hydrogen) atoms. The summed E-state index contributed by atoms with van der Waals surface area (Å²) < 4.78 is 29.2. The molecule has 1 aromatic rings. The van der Waals surface area contributed by atoms with E-state index in [1.54, 1.807) is 13.8 Å². The average Bonchev–Trinajstić information content (AvgIpc) is 2.48. The largest absolute Gasteiger partial charge is 0.358 e. The zero-order valence-corrected chi connectivity index (χ0v) is 9.61. The Bertz CT molecular complexity index is 416. The van der Waals surface area contributed by atoms with Gasteiger partial charge in [0.05, 0.1) is 0 Å². The van der Waals surface area contributed by atoms with Crippen molar-refractivity contribution >= 4 is 10.0 Å². The molecule has 0 unspecified atom stereocenters. The molecule has 8 heteroatoms. The second kappa shape index (κ2) is 4.15. The molecule has 0 aliphatic heterocycles. The predicted molar refractivity (Wildman–Crippen MR) is 50.3 cm³/mol. The molecule has 0 aromatic carbocycles. The summed E-state index contributed by atoms with van der Waals surface area (Å²) in [6.07, 6.45) is 0. The van der Waals surface area contributed by atoms with E-state index in [-0.39, 0.29) is 10.6 Å². The first-order valence-corrected chi connectivity index (χ1v) is 5.95. The van der Waals surface area contributed by atoms with E-state index in [0.29, 0.717) is 13.1 Å². The van der Waals surface area contributed by atoms with Gasteiger partial charge in [-0.25, -0.2) is 8.42 Å². The summed E-state index contributed by atoms with van der Waals surface area (Å²) in [5, 5.41) is 14.0. The van der Waals surface area contributed by atoms with Crippen LogP contribution in [0.1, 0.15) is 19.5 Å². The molecule has 0 amide bonds. The molecule has 0 aliphatic carbocycles. The van der Waals surface area contributed by atoms with Crippen molar-refractivity contribution in [3.8, 4) is 0 Å². The standard InChI is InChI=1S/C7H13N3O4S/c1-4-9(5-2)15(12,13)7-6(3)8-14-10(7)11/h4-5H2,1-3H3. The van der Waals surface area contributed by atoms with E-state index in [1.807, 2.05) is 0 Å². The lowest BCUT2D eigenvalue weighted by molar-refractivity contribution is -0.832. The number of hydrogen-bond acceptors (Lipinski definition) is 5. The summed E-state index contributed by atoms with van der Waals surface area (Å²) in [5.41, 5.74) is 0.0666. The van der Waals surface area contributed by atoms with Gasteiger partial charge in [0.15, 0.2) is 0 Å². The number of rotatable bonds is 4. The van der Waals surface area contributed by atoms with Gasteiger partial charge in [-0.1, -0.05) is 13.8 Å². The third-order valence-corrected chi connectivity index (χ3v) is 4.15. The second-order valence-corrected chi connectivity index (χ2v) is 4.76. The van der Waals surface area contributed by atoms with Crippen molar-refractivity contribution in [2.24, 2.45) is 0 Å². The van der Waals surface area contributed by atoms with Crippen molar-refractivity contribution in [3.05, 3.63) is 10.9 Å². The normalized spacial score (nSPS) is 12.3. The maximum atomic E-state index is 11.9. The Hall–Kier alpha value is -1.15. The van der Waals surface area contributed by atoms with Crippen molar-refractivity contribution in [1.82, 2.24) is 9.46 Å². The highest BCUT2D eigenvalue weighted by Gasteiger charge is 2.33. The van der Waals surface area contributed by atoms with Crippen molar-refractivity contribution < 1.29 is 17.9 Å². The molecule has 0 fully saturated rings. The molecular weight excluding hydrogens is 222 g/mol. The number of aromatic nitrogens is 2. The topological polar surface area (TPSA) is 90.4 Å². The third-order valence-electron chi connectivity index (χ3n) is 2.02. The van der Waals surface area contributed by atoms with Gasteiger partial charge in [0.25, 0.3) is 10.0 Å². The summed E-state index contributed by atoms with van der Waals surface area (Å²) in [6, 6.07) is 0. The third kappa shape index (κ3) is 1.95. The number of nitrogens with zero attached hydrogens (tertiary/aromatic N) is 3. The monoisotopic (exact) mass is 235 g/mol. The average molecular weight is 235 g/mol. The number of aryl methyl sites for hydroxylation is 1. The van der Waals surface area contributed by atoms with E-state index in [9.17, 15) is 13.6 Å². The molecule has 0 radical (unpaired) electrons. The Morgan fingerprint density at radius 3 is 2.33 bits per heavy atom. The predicted octanol–water partition coefficient (Wildman–Crippen LogP) is -0.353. The van der Waals surface area contributed by atoms with E-state index >= 15 is 0 Å². The van der Waals surface area contributed by atoms with E-state index < -0.39 is 15.0 Å². The van der Waals surface area contributed by atoms with Gasteiger partial charge in [-0.3, -0.25) is 4.63 Å². The highest BCUT2D eigenvalue weighted by Crippen LogP contribution is 2.13. The molecule has 0 aliphatic rings. The number of hydrogen-bond donors (Lipinski definition) is 0. The molecular formula is C7H13N3O4S. The first kappa shape index (κ1) is 11.9. The van der Waals surface area contributed by atoms with Gasteiger partial charge in [0, 0.05) is 25.2 Å². The Kier molecular flexibility index (Phi) is 3.30. The van der Waals surface area contributed by atoms with Gasteiger partial charge in [-0.05, 0) is 4.90 Å². The van der Waals surface area contributed by atoms with Gasteiger partial charge in [-0.2, -0.15) is 4.31 Å². The molecule has 0 spiro atoms. The first-order chi connectivity index (χ1) is 6.95. The van der Waals surface area contributed by atoms with Crippen molar-refractivity contribution in [1.29, 1.82) is 0 Å². The number of sulfonamides is 1. The summed E-state index contributed by atoms with van der Waals surface area (Å²) in [7, 11) is -3.79. The fourth-order valence-corrected chi connectivity index (χ4v) is 2.83. The van der Waals surface area contributed by atoms with Gasteiger partial charge < -0.3 is 5.21 Å². The summed E-state index contributed by atoms with van der Waals surface area (Å²) in [5.74, 6) is 0. The van der Waals surface area contributed by atoms with Crippen LogP contribution in [-0.4, -0.2) is 31.0 Å². The minimum atomic E-state index is -3.79. The van der Waals surface area contributed by atoms with Gasteiger partial charge in [-0.15, -0.1) is 0 Å². The summed E-state index contributed by atoms with van der Waals surface area (Å²) in [4.78, 5) is -0.0804. The Morgan fingerprint density at radius 1 is 1.47 bits per heavy atom. The maximum absolute atomic E-state index is 11.9. The van der Waals surface area contributed by atoms with Crippen LogP contribution in [0.5, 0.6) is 0 Å². The highest BCUT2D eigenvalue weighted by molar-refractivity contribution is 7.89. The molecule has 0 saturated carbocycles. The minimum absolute atomic E-state index is 0.0666. The first-order valence-electron chi connectivity index (χ1n) is 4.51. The fourth-order valence-electron chi connectivity index (χ4n) is 1.27. The lowest BCUT2D eigenvalue weighted by atomic mass is 10.6. The zero-order valence-electron chi connectivity index (χ0n) is 8.80. The van der Waals surface area contributed by atoms with Gasteiger partial charge in [0.2, 0.25) is 5.69 Å². The summed E-state index contributed by atoms with van der Waals surface area (Å²) >= 11 is 0. The Balaban J connectivity index is 3.28. The molecule has 86 valence electrons. The van der Waals surface area contributed by atoms with Crippen LogP contribution in [0.15, 0.2) is 9.65 Å². The van der Waals surface area contributed by atoms with Crippen LogP contribution >= 0.6 is 0 Å². The molecule has 1 rings (SSSR count). The lowest BCUT2D eigenvalue weighted by Crippen LogP contribution is -2.39. The molecule has 0 saturated heterocycles. The Labute approximate surface area is 87.9 Å². The van der Waals surface area contributed by atoms with Crippen LogP contribution in [0.2, 0.25) is 0 Å². The molecule has 0 N–H and O–H groups in total. The van der Waals surface area contributed by atoms with Gasteiger partial charge >= 0.3 is 5.03 Å². The molecule has 7 nitrogen and oxygen atoms in total. The van der Waals surface area contributed by atoms with Crippen molar-refractivity contribution in [2.75, 3.05) is 13.1 Å². The van der Waals surface area contributed by atoms with E-state index in [2.05, 4.69) is 9.79 Å². The van der Waals surface area contributed by atoms with Gasteiger partial charge in [0.1, 0.15) is 0 Å². The zero-order chi connectivity index (χ0) is 11.6. The van der Waals surface area contributed by atoms with E-state index in [0.717, 1.165) is 0 Å². The molecule has 0 atom stereocenters. The fraction of sp³-hybridized carbons (Fsp3) is 0.714. The van der Waals surface area contributed by atoms with Crippen LogP contribution in [0, 0.1) is 12.1 Å². The molecule has 1 heterocycles. The van der Waals surface area contributed by atoms with Crippen LogP contribution in [0.4, 0.5) is 0 Å². The SMILES string of the molecule is CCN(CC)S(=O)(=O)c1c(C)no[n+]1[O-]. The lowest BCUT2D eigenvalue weighted by Gasteiger charge is -2.15. The smallest absolute Gasteiger partial charge is 0.326 e. The highest BCUT2D eigenvalue weighted by atomic mass is 32.2. The van der Waals surface area contributed by atoms with Crippen LogP contribution in [0.25, 0.3) is 0 Å². The maximum Gasteiger partial charge on any atom is 0.326 e. The van der Waals surface area contributed by atoms with Crippen molar-refractivity contribution in [3.63, 3.8) is 0 Å². The van der Waals surface area contributed by atoms with Crippen molar-refractivity contribution in [2.45, 2.75) is 25.8 Å². The van der Waals surface area contributed by atoms with Crippen LogP contribution in [-0.2, 0) is 10.0 Å². The molecule has 1 aromatic heterocycles. The quantitative estimate of drug-likeness (QED) is 0.665. The molecule has 0 bridgehead atoms. The van der Waals surface area contributed by atoms with E-state index in [1.165, 1.54) is 11.2 Å². The summed E-state index contributed by atoms with van der Waals surface area (Å²) in [6.45, 7) is 5.39. The Morgan fingerprint density at radius 2 is 2.00 bits per heavy atom.